The highest BCUT2D eigenvalue weighted by Gasteiger charge is 1.97. The Morgan fingerprint density at radius 1 is 0.514 bits per heavy atom. The predicted octanol–water partition coefficient (Wildman–Crippen LogP) is 8.46. The lowest BCUT2D eigenvalue weighted by molar-refractivity contribution is 0.415. The van der Waals surface area contributed by atoms with Crippen molar-refractivity contribution in [3.8, 4) is 11.5 Å². The van der Waals surface area contributed by atoms with E-state index in [1.54, 1.807) is 14.2 Å². The zero-order valence-electron chi connectivity index (χ0n) is 20.0. The van der Waals surface area contributed by atoms with E-state index in [4.69, 9.17) is 9.47 Å². The van der Waals surface area contributed by atoms with Gasteiger partial charge in [0, 0.05) is 11.4 Å². The zero-order chi connectivity index (χ0) is 24.3. The topological polar surface area (TPSA) is 30.5 Å². The molecule has 0 unspecified atom stereocenters. The quantitative estimate of drug-likeness (QED) is 0.258. The van der Waals surface area contributed by atoms with Gasteiger partial charge in [-0.1, -0.05) is 84.9 Å². The molecular formula is C32H29NO2. The highest BCUT2D eigenvalue weighted by molar-refractivity contribution is 5.92. The zero-order valence-corrected chi connectivity index (χ0v) is 20.0. The normalized spacial score (nSPS) is 10.5. The van der Waals surface area contributed by atoms with Crippen molar-refractivity contribution in [3.05, 3.63) is 132 Å². The third kappa shape index (κ3) is 6.75. The van der Waals surface area contributed by atoms with E-state index in [0.717, 1.165) is 22.9 Å². The molecule has 0 bridgehead atoms. The third-order valence-corrected chi connectivity index (χ3v) is 5.55. The van der Waals surface area contributed by atoms with Crippen molar-refractivity contribution in [1.29, 1.82) is 0 Å². The molecule has 0 amide bonds. The van der Waals surface area contributed by atoms with Crippen molar-refractivity contribution in [2.24, 2.45) is 0 Å². The highest BCUT2D eigenvalue weighted by atomic mass is 16.5. The van der Waals surface area contributed by atoms with Crippen molar-refractivity contribution in [3.63, 3.8) is 0 Å². The largest absolute Gasteiger partial charge is 0.497 e. The molecule has 0 aliphatic heterocycles. The number of hydrogen-bond acceptors (Lipinski definition) is 3. The SMILES string of the molecule is C(=Cc1cccc2ccccc12)c1ccccc1.COc1ccc(Nc2ccc(OC)cc2)cc1. The maximum Gasteiger partial charge on any atom is 0.119 e. The second kappa shape index (κ2) is 12.1. The van der Waals surface area contributed by atoms with Crippen LogP contribution < -0.4 is 14.8 Å². The molecule has 174 valence electrons. The molecule has 3 heteroatoms. The fraction of sp³-hybridized carbons (Fsp3) is 0.0625. The van der Waals surface area contributed by atoms with Gasteiger partial charge < -0.3 is 14.8 Å². The Morgan fingerprint density at radius 3 is 1.66 bits per heavy atom. The van der Waals surface area contributed by atoms with E-state index in [-0.39, 0.29) is 0 Å². The van der Waals surface area contributed by atoms with Gasteiger partial charge in [-0.3, -0.25) is 0 Å². The van der Waals surface area contributed by atoms with E-state index in [1.165, 1.54) is 21.9 Å². The maximum absolute atomic E-state index is 5.11. The lowest BCUT2D eigenvalue weighted by atomic mass is 10.0. The van der Waals surface area contributed by atoms with E-state index in [9.17, 15) is 0 Å². The number of methoxy groups -OCH3 is 2. The van der Waals surface area contributed by atoms with Gasteiger partial charge in [0.1, 0.15) is 11.5 Å². The van der Waals surface area contributed by atoms with E-state index in [1.807, 2.05) is 54.6 Å². The third-order valence-electron chi connectivity index (χ3n) is 5.55. The fourth-order valence-electron chi connectivity index (χ4n) is 3.66. The summed E-state index contributed by atoms with van der Waals surface area (Å²) < 4.78 is 10.2. The second-order valence-corrected chi connectivity index (χ2v) is 7.89. The number of benzene rings is 5. The minimum atomic E-state index is 0.852. The molecular weight excluding hydrogens is 430 g/mol. The lowest BCUT2D eigenvalue weighted by Crippen LogP contribution is -1.90. The van der Waals surface area contributed by atoms with Crippen LogP contribution in [0.5, 0.6) is 11.5 Å². The first-order valence-electron chi connectivity index (χ1n) is 11.5. The van der Waals surface area contributed by atoms with Crippen LogP contribution in [0, 0.1) is 0 Å². The molecule has 0 atom stereocenters. The molecule has 0 radical (unpaired) electrons. The molecule has 0 aliphatic rings. The second-order valence-electron chi connectivity index (χ2n) is 7.89. The van der Waals surface area contributed by atoms with E-state index < -0.39 is 0 Å². The molecule has 0 aliphatic carbocycles. The van der Waals surface area contributed by atoms with Gasteiger partial charge in [-0.25, -0.2) is 0 Å². The van der Waals surface area contributed by atoms with Crippen molar-refractivity contribution in [2.45, 2.75) is 0 Å². The lowest BCUT2D eigenvalue weighted by Gasteiger charge is -2.08. The summed E-state index contributed by atoms with van der Waals surface area (Å²) in [6, 6.07) is 40.9. The summed E-state index contributed by atoms with van der Waals surface area (Å²) in [5, 5.41) is 5.88. The smallest absolute Gasteiger partial charge is 0.119 e. The molecule has 0 saturated carbocycles. The summed E-state index contributed by atoms with van der Waals surface area (Å²) in [4.78, 5) is 0. The first kappa shape index (κ1) is 23.7. The van der Waals surface area contributed by atoms with Crippen LogP contribution in [-0.2, 0) is 0 Å². The van der Waals surface area contributed by atoms with Gasteiger partial charge >= 0.3 is 0 Å². The molecule has 0 heterocycles. The van der Waals surface area contributed by atoms with Crippen LogP contribution in [0.2, 0.25) is 0 Å². The van der Waals surface area contributed by atoms with Gasteiger partial charge in [0.15, 0.2) is 0 Å². The monoisotopic (exact) mass is 459 g/mol. The van der Waals surface area contributed by atoms with Crippen molar-refractivity contribution >= 4 is 34.3 Å². The predicted molar refractivity (Wildman–Crippen MR) is 149 cm³/mol. The van der Waals surface area contributed by atoms with Crippen LogP contribution in [0.1, 0.15) is 11.1 Å². The minimum absolute atomic E-state index is 0.852. The van der Waals surface area contributed by atoms with Gasteiger partial charge in [0.2, 0.25) is 0 Å². The summed E-state index contributed by atoms with van der Waals surface area (Å²) in [6.07, 6.45) is 4.33. The van der Waals surface area contributed by atoms with Crippen LogP contribution in [0.3, 0.4) is 0 Å². The minimum Gasteiger partial charge on any atom is -0.497 e. The number of anilines is 2. The molecule has 1 N–H and O–H groups in total. The summed E-state index contributed by atoms with van der Waals surface area (Å²) >= 11 is 0. The van der Waals surface area contributed by atoms with Gasteiger partial charge in [-0.2, -0.15) is 0 Å². The molecule has 5 rings (SSSR count). The molecule has 0 aromatic heterocycles. The number of nitrogens with one attached hydrogen (secondary N) is 1. The summed E-state index contributed by atoms with van der Waals surface area (Å²) in [5.41, 5.74) is 4.54. The number of ether oxygens (including phenoxy) is 2. The summed E-state index contributed by atoms with van der Waals surface area (Å²) in [5.74, 6) is 1.70. The molecule has 5 aromatic rings. The van der Waals surface area contributed by atoms with Gasteiger partial charge in [0.25, 0.3) is 0 Å². The van der Waals surface area contributed by atoms with Crippen molar-refractivity contribution in [2.75, 3.05) is 19.5 Å². The Hall–Kier alpha value is -4.50. The Morgan fingerprint density at radius 2 is 1.06 bits per heavy atom. The average molecular weight is 460 g/mol. The maximum atomic E-state index is 5.11. The number of fused-ring (bicyclic) bond motifs is 1. The van der Waals surface area contributed by atoms with Gasteiger partial charge in [-0.05, 0) is 70.4 Å². The molecule has 5 aromatic carbocycles. The Kier molecular flexibility index (Phi) is 8.18. The highest BCUT2D eigenvalue weighted by Crippen LogP contribution is 2.22. The van der Waals surface area contributed by atoms with Gasteiger partial charge in [0.05, 0.1) is 14.2 Å². The first-order valence-corrected chi connectivity index (χ1v) is 11.5. The first-order chi connectivity index (χ1) is 17.2. The molecule has 35 heavy (non-hydrogen) atoms. The van der Waals surface area contributed by atoms with E-state index in [2.05, 4.69) is 84.2 Å². The van der Waals surface area contributed by atoms with Crippen molar-refractivity contribution < 1.29 is 9.47 Å². The Labute approximate surface area is 207 Å². The van der Waals surface area contributed by atoms with Crippen LogP contribution in [0.4, 0.5) is 11.4 Å². The van der Waals surface area contributed by atoms with Crippen LogP contribution >= 0.6 is 0 Å². The van der Waals surface area contributed by atoms with Gasteiger partial charge in [-0.15, -0.1) is 0 Å². The van der Waals surface area contributed by atoms with E-state index in [0.29, 0.717) is 0 Å². The Balaban J connectivity index is 0.000000165. The number of rotatable bonds is 6. The molecule has 3 nitrogen and oxygen atoms in total. The summed E-state index contributed by atoms with van der Waals surface area (Å²) in [6.45, 7) is 0. The van der Waals surface area contributed by atoms with Crippen molar-refractivity contribution in [1.82, 2.24) is 0 Å². The standard InChI is InChI=1S/C18H14.C14H15NO2/c1-2-7-15(8-3-1)13-14-17-11-6-10-16-9-4-5-12-18(16)17;1-16-13-7-3-11(4-8-13)15-12-5-9-14(17-2)10-6-12/h1-14H;3-10,15H,1-2H3. The van der Waals surface area contributed by atoms with Crippen LogP contribution in [-0.4, -0.2) is 14.2 Å². The van der Waals surface area contributed by atoms with Crippen LogP contribution in [0.25, 0.3) is 22.9 Å². The van der Waals surface area contributed by atoms with E-state index >= 15 is 0 Å². The summed E-state index contributed by atoms with van der Waals surface area (Å²) in [7, 11) is 3.32. The molecule has 0 saturated heterocycles. The fourth-order valence-corrected chi connectivity index (χ4v) is 3.66. The molecule has 0 fully saturated rings. The average Bonchev–Trinajstić information content (AvgIpc) is 2.94. The van der Waals surface area contributed by atoms with Crippen LogP contribution in [0.15, 0.2) is 121 Å². The molecule has 0 spiro atoms. The Bertz CT molecular complexity index is 1310. The number of hydrogen-bond donors (Lipinski definition) is 1.